The summed E-state index contributed by atoms with van der Waals surface area (Å²) in [5.74, 6) is 0.547. The van der Waals surface area contributed by atoms with E-state index in [4.69, 9.17) is 4.98 Å². The van der Waals surface area contributed by atoms with Crippen molar-refractivity contribution in [3.63, 3.8) is 0 Å². The zero-order valence-electron chi connectivity index (χ0n) is 28.2. The third kappa shape index (κ3) is 6.70. The van der Waals surface area contributed by atoms with E-state index in [-0.39, 0.29) is 54.3 Å². The maximum atomic E-state index is 11.7. The first kappa shape index (κ1) is 35.1. The Morgan fingerprint density at radius 2 is 1.56 bits per heavy atom. The monoisotopic (exact) mass is 781 g/mol. The Kier molecular flexibility index (Phi) is 11.1. The summed E-state index contributed by atoms with van der Waals surface area (Å²) in [5.41, 5.74) is 6.97. The van der Waals surface area contributed by atoms with Crippen LogP contribution in [0.1, 0.15) is 117 Å². The second-order valence-electron chi connectivity index (χ2n) is 14.0. The topological polar surface area (TPSA) is 50.2 Å². The van der Waals surface area contributed by atoms with Gasteiger partial charge in [-0.2, -0.15) is 0 Å². The SMILES string of the molecule is CC(C)(C)c1cc2c3c(nccc3c1)-c1[c-]c3ccccc3cc1C21CCCC1.CCC(CC)C(=O)/C=C(\O)C(CC)CC.[Ir]. The predicted octanol–water partition coefficient (Wildman–Crippen LogP) is 11.2. The minimum absolute atomic E-state index is 0. The smallest absolute Gasteiger partial charge is 0.162 e. The molecule has 0 saturated heterocycles. The Balaban J connectivity index is 0.000000249. The minimum Gasteiger partial charge on any atom is -0.512 e. The molecule has 1 fully saturated rings. The van der Waals surface area contributed by atoms with E-state index in [1.165, 1.54) is 75.6 Å². The van der Waals surface area contributed by atoms with Crippen LogP contribution in [0, 0.1) is 17.9 Å². The van der Waals surface area contributed by atoms with E-state index in [2.05, 4.69) is 75.4 Å². The Labute approximate surface area is 284 Å². The van der Waals surface area contributed by atoms with Gasteiger partial charge in [-0.3, -0.25) is 9.78 Å². The van der Waals surface area contributed by atoms with Gasteiger partial charge in [0, 0.05) is 49.9 Å². The molecule has 4 aromatic rings. The van der Waals surface area contributed by atoms with E-state index in [1.807, 2.05) is 33.9 Å². The van der Waals surface area contributed by atoms with Gasteiger partial charge in [0.15, 0.2) is 5.78 Å². The first-order valence-corrected chi connectivity index (χ1v) is 16.9. The molecule has 0 bridgehead atoms. The van der Waals surface area contributed by atoms with Crippen LogP contribution in [0.2, 0.25) is 0 Å². The number of allylic oxidation sites excluding steroid dienone is 2. The summed E-state index contributed by atoms with van der Waals surface area (Å²) in [6, 6.07) is 22.0. The number of hydrogen-bond donors (Lipinski definition) is 1. The Hall–Kier alpha value is -2.81. The van der Waals surface area contributed by atoms with Gasteiger partial charge in [-0.1, -0.05) is 108 Å². The number of ketones is 1. The summed E-state index contributed by atoms with van der Waals surface area (Å²) in [5, 5.41) is 14.9. The van der Waals surface area contributed by atoms with Crippen molar-refractivity contribution in [2.75, 3.05) is 0 Å². The second-order valence-corrected chi connectivity index (χ2v) is 14.0. The average Bonchev–Trinajstić information content (AvgIpc) is 3.51. The van der Waals surface area contributed by atoms with Gasteiger partial charge in [0.05, 0.1) is 5.76 Å². The van der Waals surface area contributed by atoms with Crippen molar-refractivity contribution in [1.29, 1.82) is 0 Å². The summed E-state index contributed by atoms with van der Waals surface area (Å²) in [4.78, 5) is 16.6. The summed E-state index contributed by atoms with van der Waals surface area (Å²) < 4.78 is 0. The van der Waals surface area contributed by atoms with Crippen molar-refractivity contribution in [3.05, 3.63) is 89.3 Å². The molecule has 1 saturated carbocycles. The van der Waals surface area contributed by atoms with Crippen molar-refractivity contribution in [3.8, 4) is 11.3 Å². The van der Waals surface area contributed by atoms with Gasteiger partial charge < -0.3 is 5.11 Å². The zero-order valence-corrected chi connectivity index (χ0v) is 30.6. The van der Waals surface area contributed by atoms with Crippen molar-refractivity contribution in [1.82, 2.24) is 4.98 Å². The standard InChI is InChI=1S/C28H26N.C13H24O2.Ir/c1-27(2,3)21-14-20-10-13-29-26-22-15-18-8-4-5-9-19(18)16-23(22)28(11-6-7-12-28)24(17-21)25(20)26;1-5-10(6-2)12(14)9-13(15)11(7-3)8-4;/h4-5,8-10,13-14,16-17H,6-7,11-12H2,1-3H3;9-11,14H,5-8H2,1-4H3;/q-1;;/b;12-9-;. The molecule has 3 nitrogen and oxygen atoms in total. The van der Waals surface area contributed by atoms with E-state index >= 15 is 0 Å². The number of benzene rings is 3. The molecule has 0 unspecified atom stereocenters. The maximum absolute atomic E-state index is 11.7. The molecule has 2 aliphatic rings. The van der Waals surface area contributed by atoms with Crippen LogP contribution in [0.5, 0.6) is 0 Å². The van der Waals surface area contributed by atoms with E-state index in [0.29, 0.717) is 0 Å². The van der Waals surface area contributed by atoms with Crippen LogP contribution in [0.25, 0.3) is 32.8 Å². The molecule has 4 heteroatoms. The van der Waals surface area contributed by atoms with Gasteiger partial charge in [0.2, 0.25) is 0 Å². The first-order chi connectivity index (χ1) is 21.1. The van der Waals surface area contributed by atoms with Crippen LogP contribution in [0.15, 0.2) is 66.6 Å². The van der Waals surface area contributed by atoms with Gasteiger partial charge >= 0.3 is 0 Å². The molecule has 1 heterocycles. The molecule has 0 amide bonds. The summed E-state index contributed by atoms with van der Waals surface area (Å²) in [6.07, 6.45) is 11.9. The summed E-state index contributed by atoms with van der Waals surface area (Å²) in [7, 11) is 0. The Morgan fingerprint density at radius 1 is 0.911 bits per heavy atom. The third-order valence-corrected chi connectivity index (χ3v) is 10.3. The van der Waals surface area contributed by atoms with Gasteiger partial charge in [-0.25, -0.2) is 0 Å². The number of fused-ring (bicyclic) bond motifs is 5. The molecule has 45 heavy (non-hydrogen) atoms. The summed E-state index contributed by atoms with van der Waals surface area (Å²) >= 11 is 0. The maximum Gasteiger partial charge on any atom is 0.162 e. The Bertz CT molecular complexity index is 1680. The van der Waals surface area contributed by atoms with Crippen LogP contribution in [-0.4, -0.2) is 15.9 Å². The number of hydrogen-bond acceptors (Lipinski definition) is 3. The van der Waals surface area contributed by atoms with E-state index in [9.17, 15) is 9.90 Å². The number of pyridine rings is 1. The van der Waals surface area contributed by atoms with Crippen molar-refractivity contribution < 1.29 is 30.0 Å². The molecule has 1 aromatic heterocycles. The molecule has 241 valence electrons. The van der Waals surface area contributed by atoms with Gasteiger partial charge in [-0.15, -0.1) is 23.6 Å². The van der Waals surface area contributed by atoms with Crippen molar-refractivity contribution in [2.45, 2.75) is 111 Å². The average molecular weight is 781 g/mol. The van der Waals surface area contributed by atoms with E-state index < -0.39 is 0 Å². The quantitative estimate of drug-likeness (QED) is 0.115. The molecule has 1 radical (unpaired) electrons. The fraction of sp³-hybridized carbons (Fsp3) is 0.463. The van der Waals surface area contributed by atoms with Crippen molar-refractivity contribution in [2.24, 2.45) is 11.8 Å². The number of aromatic nitrogens is 1. The summed E-state index contributed by atoms with van der Waals surface area (Å²) in [6.45, 7) is 15.0. The zero-order chi connectivity index (χ0) is 31.6. The molecular formula is C41H50IrNO2-. The van der Waals surface area contributed by atoms with Crippen LogP contribution in [-0.2, 0) is 35.7 Å². The van der Waals surface area contributed by atoms with Crippen LogP contribution >= 0.6 is 0 Å². The van der Waals surface area contributed by atoms with E-state index in [1.54, 1.807) is 0 Å². The first-order valence-electron chi connectivity index (χ1n) is 16.9. The van der Waals surface area contributed by atoms with Crippen molar-refractivity contribution >= 4 is 27.3 Å². The van der Waals surface area contributed by atoms with Gasteiger partial charge in [0.25, 0.3) is 0 Å². The second kappa shape index (κ2) is 14.3. The minimum atomic E-state index is 0. The molecule has 3 aromatic carbocycles. The van der Waals surface area contributed by atoms with Crippen LogP contribution in [0.3, 0.4) is 0 Å². The number of aliphatic hydroxyl groups is 1. The van der Waals surface area contributed by atoms with Gasteiger partial charge in [0.1, 0.15) is 0 Å². The molecule has 0 aliphatic heterocycles. The van der Waals surface area contributed by atoms with Crippen LogP contribution < -0.4 is 0 Å². The molecule has 1 spiro atoms. The molecular weight excluding hydrogens is 731 g/mol. The van der Waals surface area contributed by atoms with Gasteiger partial charge in [-0.05, 0) is 77.3 Å². The Morgan fingerprint density at radius 3 is 2.18 bits per heavy atom. The number of rotatable bonds is 7. The predicted molar refractivity (Wildman–Crippen MR) is 185 cm³/mol. The largest absolute Gasteiger partial charge is 0.512 e. The number of carbonyl (C=O) groups is 1. The number of nitrogens with zero attached hydrogens (tertiary/aromatic N) is 1. The van der Waals surface area contributed by atoms with E-state index in [0.717, 1.165) is 31.4 Å². The molecule has 0 atom stereocenters. The molecule has 6 rings (SSSR count). The number of aliphatic hydroxyl groups excluding tert-OH is 1. The fourth-order valence-electron chi connectivity index (χ4n) is 7.49. The molecule has 1 N–H and O–H groups in total. The molecule has 2 aliphatic carbocycles. The number of carbonyl (C=O) groups excluding carboxylic acids is 1. The third-order valence-electron chi connectivity index (χ3n) is 10.3. The normalized spacial score (nSPS) is 15.3. The fourth-order valence-corrected chi connectivity index (χ4v) is 7.49. The van der Waals surface area contributed by atoms with Crippen LogP contribution in [0.4, 0.5) is 0 Å².